The third-order valence-corrected chi connectivity index (χ3v) is 4.22. The fourth-order valence-corrected chi connectivity index (χ4v) is 2.85. The van der Waals surface area contributed by atoms with Crippen molar-refractivity contribution in [2.45, 2.75) is 39.3 Å². The first-order valence-electron chi connectivity index (χ1n) is 7.55. The molecule has 0 bridgehead atoms. The lowest BCUT2D eigenvalue weighted by Crippen LogP contribution is -2.42. The van der Waals surface area contributed by atoms with Gasteiger partial charge in [-0.1, -0.05) is 11.2 Å². The van der Waals surface area contributed by atoms with E-state index in [2.05, 4.69) is 26.4 Å². The number of piperidine rings is 1. The molecule has 0 saturated carbocycles. The SMILES string of the molecule is Cc1noc(C)c1CNC1CCN(c2ccccn2)CC1. The van der Waals surface area contributed by atoms with Crippen LogP contribution >= 0.6 is 0 Å². The standard InChI is InChI=1S/C16H22N4O/c1-12-15(13(2)21-19-12)11-18-14-6-9-20(10-7-14)16-5-3-4-8-17-16/h3-5,8,14,18H,6-7,9-11H2,1-2H3. The van der Waals surface area contributed by atoms with Gasteiger partial charge < -0.3 is 14.7 Å². The second-order valence-electron chi connectivity index (χ2n) is 5.63. The number of aromatic nitrogens is 2. The summed E-state index contributed by atoms with van der Waals surface area (Å²) in [5.41, 5.74) is 2.19. The highest BCUT2D eigenvalue weighted by atomic mass is 16.5. The molecule has 0 aliphatic carbocycles. The first-order chi connectivity index (χ1) is 10.2. The molecule has 0 spiro atoms. The van der Waals surface area contributed by atoms with Crippen LogP contribution in [0.3, 0.4) is 0 Å². The molecule has 0 atom stereocenters. The van der Waals surface area contributed by atoms with Crippen molar-refractivity contribution >= 4 is 5.82 Å². The fraction of sp³-hybridized carbons (Fsp3) is 0.500. The summed E-state index contributed by atoms with van der Waals surface area (Å²) in [5.74, 6) is 2.01. The molecule has 1 N–H and O–H groups in total. The van der Waals surface area contributed by atoms with Crippen molar-refractivity contribution in [1.29, 1.82) is 0 Å². The number of nitrogens with zero attached hydrogens (tertiary/aromatic N) is 3. The van der Waals surface area contributed by atoms with E-state index in [1.54, 1.807) is 0 Å². The van der Waals surface area contributed by atoms with Gasteiger partial charge in [-0.2, -0.15) is 0 Å². The number of hydrogen-bond donors (Lipinski definition) is 1. The van der Waals surface area contributed by atoms with Crippen molar-refractivity contribution < 1.29 is 4.52 Å². The first-order valence-corrected chi connectivity index (χ1v) is 7.55. The number of rotatable bonds is 4. The van der Waals surface area contributed by atoms with Gasteiger partial charge >= 0.3 is 0 Å². The van der Waals surface area contributed by atoms with Crippen molar-refractivity contribution in [3.05, 3.63) is 41.4 Å². The average Bonchev–Trinajstić information content (AvgIpc) is 2.85. The summed E-state index contributed by atoms with van der Waals surface area (Å²) in [6, 6.07) is 6.64. The predicted molar refractivity (Wildman–Crippen MR) is 82.3 cm³/mol. The van der Waals surface area contributed by atoms with E-state index in [0.29, 0.717) is 6.04 Å². The van der Waals surface area contributed by atoms with E-state index in [0.717, 1.165) is 49.7 Å². The smallest absolute Gasteiger partial charge is 0.138 e. The largest absolute Gasteiger partial charge is 0.361 e. The molecule has 0 radical (unpaired) electrons. The van der Waals surface area contributed by atoms with E-state index in [-0.39, 0.29) is 0 Å². The molecule has 0 unspecified atom stereocenters. The van der Waals surface area contributed by atoms with E-state index < -0.39 is 0 Å². The summed E-state index contributed by atoms with van der Waals surface area (Å²) in [7, 11) is 0. The molecule has 5 heteroatoms. The highest BCUT2D eigenvalue weighted by molar-refractivity contribution is 5.38. The van der Waals surface area contributed by atoms with E-state index in [4.69, 9.17) is 4.52 Å². The van der Waals surface area contributed by atoms with Crippen LogP contribution in [-0.2, 0) is 6.54 Å². The predicted octanol–water partition coefficient (Wildman–Crippen LogP) is 2.45. The Hall–Kier alpha value is -1.88. The maximum absolute atomic E-state index is 5.20. The third-order valence-electron chi connectivity index (χ3n) is 4.22. The van der Waals surface area contributed by atoms with Gasteiger partial charge in [-0.15, -0.1) is 0 Å². The maximum Gasteiger partial charge on any atom is 0.138 e. The average molecular weight is 286 g/mol. The maximum atomic E-state index is 5.20. The number of anilines is 1. The highest BCUT2D eigenvalue weighted by Crippen LogP contribution is 2.18. The van der Waals surface area contributed by atoms with Gasteiger partial charge in [0.2, 0.25) is 0 Å². The molecule has 1 aliphatic rings. The van der Waals surface area contributed by atoms with Gasteiger partial charge in [-0.25, -0.2) is 4.98 Å². The second kappa shape index (κ2) is 6.26. The molecule has 2 aromatic heterocycles. The molecule has 0 amide bonds. The van der Waals surface area contributed by atoms with E-state index in [9.17, 15) is 0 Å². The van der Waals surface area contributed by atoms with Gasteiger partial charge in [0.15, 0.2) is 0 Å². The van der Waals surface area contributed by atoms with Crippen molar-refractivity contribution in [3.63, 3.8) is 0 Å². The highest BCUT2D eigenvalue weighted by Gasteiger charge is 2.20. The van der Waals surface area contributed by atoms with Crippen LogP contribution in [0.2, 0.25) is 0 Å². The van der Waals surface area contributed by atoms with Gasteiger partial charge in [-0.05, 0) is 38.8 Å². The number of hydrogen-bond acceptors (Lipinski definition) is 5. The quantitative estimate of drug-likeness (QED) is 0.935. The van der Waals surface area contributed by atoms with Crippen LogP contribution in [0.1, 0.15) is 29.9 Å². The number of pyridine rings is 1. The lowest BCUT2D eigenvalue weighted by atomic mass is 10.0. The topological polar surface area (TPSA) is 54.2 Å². The zero-order valence-electron chi connectivity index (χ0n) is 12.7. The molecule has 5 nitrogen and oxygen atoms in total. The van der Waals surface area contributed by atoms with Gasteiger partial charge in [0.1, 0.15) is 11.6 Å². The molecule has 1 saturated heterocycles. The van der Waals surface area contributed by atoms with Gasteiger partial charge in [0, 0.05) is 37.4 Å². The summed E-state index contributed by atoms with van der Waals surface area (Å²) in [6.07, 6.45) is 4.14. The monoisotopic (exact) mass is 286 g/mol. The molecule has 0 aromatic carbocycles. The van der Waals surface area contributed by atoms with Crippen LogP contribution < -0.4 is 10.2 Å². The number of nitrogens with one attached hydrogen (secondary N) is 1. The lowest BCUT2D eigenvalue weighted by molar-refractivity contribution is 0.388. The van der Waals surface area contributed by atoms with Crippen molar-refractivity contribution in [3.8, 4) is 0 Å². The Morgan fingerprint density at radius 3 is 2.71 bits per heavy atom. The summed E-state index contributed by atoms with van der Waals surface area (Å²) >= 11 is 0. The lowest BCUT2D eigenvalue weighted by Gasteiger charge is -2.33. The zero-order valence-corrected chi connectivity index (χ0v) is 12.7. The van der Waals surface area contributed by atoms with E-state index >= 15 is 0 Å². The van der Waals surface area contributed by atoms with Crippen molar-refractivity contribution in [2.75, 3.05) is 18.0 Å². The summed E-state index contributed by atoms with van der Waals surface area (Å²) in [4.78, 5) is 6.78. The summed E-state index contributed by atoms with van der Waals surface area (Å²) in [5, 5.41) is 7.63. The summed E-state index contributed by atoms with van der Waals surface area (Å²) in [6.45, 7) is 6.92. The van der Waals surface area contributed by atoms with Crippen LogP contribution in [0.15, 0.2) is 28.9 Å². The van der Waals surface area contributed by atoms with Crippen LogP contribution in [0.4, 0.5) is 5.82 Å². The van der Waals surface area contributed by atoms with Crippen LogP contribution in [0.5, 0.6) is 0 Å². The minimum atomic E-state index is 0.554. The Balaban J connectivity index is 1.50. The second-order valence-corrected chi connectivity index (χ2v) is 5.63. The molecular formula is C16H22N4O. The van der Waals surface area contributed by atoms with E-state index in [1.165, 1.54) is 5.56 Å². The molecule has 112 valence electrons. The molecular weight excluding hydrogens is 264 g/mol. The van der Waals surface area contributed by atoms with Gasteiger partial charge in [0.25, 0.3) is 0 Å². The van der Waals surface area contributed by atoms with Crippen LogP contribution in [-0.4, -0.2) is 29.3 Å². The van der Waals surface area contributed by atoms with Crippen LogP contribution in [0, 0.1) is 13.8 Å². The fourth-order valence-electron chi connectivity index (χ4n) is 2.85. The molecule has 3 heterocycles. The molecule has 1 fully saturated rings. The Morgan fingerprint density at radius 1 is 1.29 bits per heavy atom. The zero-order chi connectivity index (χ0) is 14.7. The third kappa shape index (κ3) is 3.24. The Morgan fingerprint density at radius 2 is 2.10 bits per heavy atom. The van der Waals surface area contributed by atoms with Crippen LogP contribution in [0.25, 0.3) is 0 Å². The normalized spacial score (nSPS) is 16.4. The minimum Gasteiger partial charge on any atom is -0.361 e. The van der Waals surface area contributed by atoms with E-state index in [1.807, 2.05) is 32.2 Å². The number of aryl methyl sites for hydroxylation is 2. The van der Waals surface area contributed by atoms with Crippen molar-refractivity contribution in [1.82, 2.24) is 15.5 Å². The Labute approximate surface area is 125 Å². The Kier molecular flexibility index (Phi) is 4.20. The van der Waals surface area contributed by atoms with Gasteiger partial charge in [-0.3, -0.25) is 0 Å². The minimum absolute atomic E-state index is 0.554. The molecule has 21 heavy (non-hydrogen) atoms. The summed E-state index contributed by atoms with van der Waals surface area (Å²) < 4.78 is 5.20. The molecule has 2 aromatic rings. The Bertz CT molecular complexity index is 554. The first kappa shape index (κ1) is 14.1. The van der Waals surface area contributed by atoms with Gasteiger partial charge in [0.05, 0.1) is 5.69 Å². The molecule has 3 rings (SSSR count). The molecule has 1 aliphatic heterocycles. The van der Waals surface area contributed by atoms with Crippen molar-refractivity contribution in [2.24, 2.45) is 0 Å².